The van der Waals surface area contributed by atoms with Crippen LogP contribution >= 0.6 is 34.8 Å². The normalized spacial score (nSPS) is 12.2. The van der Waals surface area contributed by atoms with Gasteiger partial charge in [-0.1, -0.05) is 46.9 Å². The van der Waals surface area contributed by atoms with Gasteiger partial charge in [0, 0.05) is 21.7 Å². The van der Waals surface area contributed by atoms with E-state index in [1.54, 1.807) is 30.3 Å². The third kappa shape index (κ3) is 3.58. The smallest absolute Gasteiger partial charge is 0.138 e. The van der Waals surface area contributed by atoms with Gasteiger partial charge in [0.25, 0.3) is 0 Å². The van der Waals surface area contributed by atoms with E-state index in [4.69, 9.17) is 45.3 Å². The minimum Gasteiger partial charge on any atom is -0.487 e. The van der Waals surface area contributed by atoms with Crippen molar-refractivity contribution < 1.29 is 4.74 Å². The average Bonchev–Trinajstić information content (AvgIpc) is 2.39. The summed E-state index contributed by atoms with van der Waals surface area (Å²) in [5.74, 6) is 0.576. The van der Waals surface area contributed by atoms with Crippen molar-refractivity contribution in [1.82, 2.24) is 0 Å². The molecule has 0 aliphatic heterocycles. The lowest BCUT2D eigenvalue weighted by Crippen LogP contribution is -2.05. The van der Waals surface area contributed by atoms with Gasteiger partial charge in [-0.15, -0.1) is 0 Å². The molecule has 0 amide bonds. The van der Waals surface area contributed by atoms with Crippen LogP contribution in [0.3, 0.4) is 0 Å². The quantitative estimate of drug-likeness (QED) is 0.831. The Bertz CT molecular complexity index is 594. The highest BCUT2D eigenvalue weighted by atomic mass is 35.5. The molecule has 0 heterocycles. The second-order valence-corrected chi connectivity index (χ2v) is 5.69. The van der Waals surface area contributed by atoms with Gasteiger partial charge in [-0.2, -0.15) is 0 Å². The van der Waals surface area contributed by atoms with Crippen molar-refractivity contribution in [1.29, 1.82) is 0 Å². The molecule has 0 fully saturated rings. The number of rotatable bonds is 4. The monoisotopic (exact) mass is 329 g/mol. The summed E-state index contributed by atoms with van der Waals surface area (Å²) < 4.78 is 5.68. The summed E-state index contributed by atoms with van der Waals surface area (Å²) in [7, 11) is 0. The van der Waals surface area contributed by atoms with Crippen LogP contribution in [0, 0.1) is 0 Å². The van der Waals surface area contributed by atoms with Crippen LogP contribution in [-0.2, 0) is 6.61 Å². The van der Waals surface area contributed by atoms with E-state index in [1.807, 2.05) is 13.0 Å². The molecule has 0 bridgehead atoms. The first-order valence-corrected chi connectivity index (χ1v) is 7.23. The lowest BCUT2D eigenvalue weighted by atomic mass is 10.1. The summed E-state index contributed by atoms with van der Waals surface area (Å²) in [6.07, 6.45) is 0. The van der Waals surface area contributed by atoms with Crippen LogP contribution in [0.5, 0.6) is 5.75 Å². The van der Waals surface area contributed by atoms with Crippen molar-refractivity contribution in [2.24, 2.45) is 5.73 Å². The number of ether oxygens (including phenoxy) is 1. The van der Waals surface area contributed by atoms with Gasteiger partial charge < -0.3 is 10.5 Å². The Morgan fingerprint density at radius 3 is 2.25 bits per heavy atom. The van der Waals surface area contributed by atoms with Gasteiger partial charge in [-0.3, -0.25) is 0 Å². The van der Waals surface area contributed by atoms with Crippen LogP contribution in [-0.4, -0.2) is 0 Å². The van der Waals surface area contributed by atoms with Crippen molar-refractivity contribution in [3.05, 3.63) is 62.6 Å². The maximum Gasteiger partial charge on any atom is 0.138 e. The number of hydrogen-bond acceptors (Lipinski definition) is 2. The molecular weight excluding hydrogens is 317 g/mol. The first kappa shape index (κ1) is 15.5. The molecule has 5 heteroatoms. The first-order valence-electron chi connectivity index (χ1n) is 6.09. The van der Waals surface area contributed by atoms with Crippen molar-refractivity contribution in [2.45, 2.75) is 19.6 Å². The van der Waals surface area contributed by atoms with Gasteiger partial charge in [-0.05, 0) is 36.8 Å². The van der Waals surface area contributed by atoms with Crippen molar-refractivity contribution in [3.63, 3.8) is 0 Å². The zero-order valence-corrected chi connectivity index (χ0v) is 13.1. The Hall–Kier alpha value is -0.930. The van der Waals surface area contributed by atoms with Gasteiger partial charge in [-0.25, -0.2) is 0 Å². The average molecular weight is 331 g/mol. The molecule has 0 aliphatic carbocycles. The highest BCUT2D eigenvalue weighted by molar-refractivity contribution is 6.36. The maximum atomic E-state index is 6.17. The Labute approximate surface area is 133 Å². The van der Waals surface area contributed by atoms with Crippen LogP contribution in [0.2, 0.25) is 15.1 Å². The van der Waals surface area contributed by atoms with E-state index in [1.165, 1.54) is 0 Å². The minimum absolute atomic E-state index is 0.0698. The molecule has 0 aliphatic rings. The van der Waals surface area contributed by atoms with Crippen molar-refractivity contribution in [3.8, 4) is 5.75 Å². The zero-order chi connectivity index (χ0) is 14.7. The van der Waals surface area contributed by atoms with Crippen molar-refractivity contribution in [2.75, 3.05) is 0 Å². The summed E-state index contributed by atoms with van der Waals surface area (Å²) in [6, 6.07) is 10.7. The summed E-state index contributed by atoms with van der Waals surface area (Å²) in [5.41, 5.74) is 7.50. The topological polar surface area (TPSA) is 35.2 Å². The largest absolute Gasteiger partial charge is 0.487 e. The van der Waals surface area contributed by atoms with Crippen LogP contribution in [0.15, 0.2) is 36.4 Å². The third-order valence-corrected chi connectivity index (χ3v) is 3.92. The predicted octanol–water partition coefficient (Wildman–Crippen LogP) is 5.25. The fourth-order valence-corrected chi connectivity index (χ4v) is 2.49. The SMILES string of the molecule is CC(N)c1ccc(OCc2c(Cl)cccc2Cl)c(Cl)c1. The van der Waals surface area contributed by atoms with E-state index in [0.29, 0.717) is 20.8 Å². The molecule has 0 radical (unpaired) electrons. The lowest BCUT2D eigenvalue weighted by molar-refractivity contribution is 0.306. The zero-order valence-electron chi connectivity index (χ0n) is 10.9. The van der Waals surface area contributed by atoms with Crippen molar-refractivity contribution >= 4 is 34.8 Å². The van der Waals surface area contributed by atoms with E-state index >= 15 is 0 Å². The summed E-state index contributed by atoms with van der Waals surface area (Å²) >= 11 is 18.3. The molecule has 106 valence electrons. The molecule has 2 nitrogen and oxygen atoms in total. The van der Waals surface area contributed by atoms with Crippen LogP contribution in [0.25, 0.3) is 0 Å². The maximum absolute atomic E-state index is 6.17. The summed E-state index contributed by atoms with van der Waals surface area (Å²) in [6.45, 7) is 2.16. The lowest BCUT2D eigenvalue weighted by Gasteiger charge is -2.12. The summed E-state index contributed by atoms with van der Waals surface area (Å²) in [5, 5.41) is 1.66. The summed E-state index contributed by atoms with van der Waals surface area (Å²) in [4.78, 5) is 0. The van der Waals surface area contributed by atoms with E-state index in [0.717, 1.165) is 11.1 Å². The van der Waals surface area contributed by atoms with Gasteiger partial charge in [0.15, 0.2) is 0 Å². The Balaban J connectivity index is 2.15. The molecule has 0 saturated carbocycles. The highest BCUT2D eigenvalue weighted by Crippen LogP contribution is 2.30. The Morgan fingerprint density at radius 2 is 1.70 bits per heavy atom. The van der Waals surface area contributed by atoms with E-state index in [9.17, 15) is 0 Å². The van der Waals surface area contributed by atoms with E-state index in [-0.39, 0.29) is 12.6 Å². The second kappa shape index (κ2) is 6.68. The minimum atomic E-state index is -0.0698. The Morgan fingerprint density at radius 1 is 1.05 bits per heavy atom. The number of hydrogen-bond donors (Lipinski definition) is 1. The van der Waals surface area contributed by atoms with E-state index < -0.39 is 0 Å². The molecule has 1 atom stereocenters. The third-order valence-electron chi connectivity index (χ3n) is 2.92. The van der Waals surface area contributed by atoms with Gasteiger partial charge in [0.05, 0.1) is 5.02 Å². The second-order valence-electron chi connectivity index (χ2n) is 4.47. The molecule has 0 spiro atoms. The molecule has 2 rings (SSSR count). The number of nitrogens with two attached hydrogens (primary N) is 1. The molecule has 0 saturated heterocycles. The number of halogens is 3. The fourth-order valence-electron chi connectivity index (χ4n) is 1.74. The van der Waals surface area contributed by atoms with Crippen LogP contribution in [0.4, 0.5) is 0 Å². The van der Waals surface area contributed by atoms with E-state index in [2.05, 4.69) is 0 Å². The molecule has 2 aromatic carbocycles. The molecule has 20 heavy (non-hydrogen) atoms. The van der Waals surface area contributed by atoms with Gasteiger partial charge in [0.2, 0.25) is 0 Å². The van der Waals surface area contributed by atoms with Crippen LogP contribution < -0.4 is 10.5 Å². The molecule has 2 N–H and O–H groups in total. The number of benzene rings is 2. The molecule has 1 unspecified atom stereocenters. The molecule has 0 aromatic heterocycles. The Kier molecular flexibility index (Phi) is 5.17. The predicted molar refractivity (Wildman–Crippen MR) is 84.8 cm³/mol. The first-order chi connectivity index (χ1) is 9.49. The highest BCUT2D eigenvalue weighted by Gasteiger charge is 2.09. The standard InChI is InChI=1S/C15H14Cl3NO/c1-9(19)10-5-6-15(14(18)7-10)20-8-11-12(16)3-2-4-13(11)17/h2-7,9H,8,19H2,1H3. The fraction of sp³-hybridized carbons (Fsp3) is 0.200. The molecule has 2 aromatic rings. The van der Waals surface area contributed by atoms with Gasteiger partial charge in [0.1, 0.15) is 12.4 Å². The van der Waals surface area contributed by atoms with Crippen LogP contribution in [0.1, 0.15) is 24.1 Å². The molecular formula is C15H14Cl3NO. The van der Waals surface area contributed by atoms with Gasteiger partial charge >= 0.3 is 0 Å².